The van der Waals surface area contributed by atoms with E-state index in [1.54, 1.807) is 36.3 Å². The number of amides is 2. The Kier molecular flexibility index (Phi) is 5.78. The normalized spacial score (nSPS) is 21.8. The second-order valence-corrected chi connectivity index (χ2v) is 7.39. The van der Waals surface area contributed by atoms with Crippen molar-refractivity contribution in [1.29, 1.82) is 0 Å². The van der Waals surface area contributed by atoms with Crippen LogP contribution >= 0.6 is 0 Å². The summed E-state index contributed by atoms with van der Waals surface area (Å²) in [5.74, 6) is 0.806. The lowest BCUT2D eigenvalue weighted by molar-refractivity contribution is -0.134. The maximum atomic E-state index is 12.9. The van der Waals surface area contributed by atoms with Crippen LogP contribution in [0.15, 0.2) is 54.6 Å². The SMILES string of the molecule is COc1ccc(C(=O)N2CCN(C(=O)C3CC(c4ccccc4)NN3)CC2)cc1. The van der Waals surface area contributed by atoms with E-state index in [9.17, 15) is 9.59 Å². The van der Waals surface area contributed by atoms with Gasteiger partial charge in [0, 0.05) is 37.8 Å². The Bertz CT molecular complexity index is 848. The van der Waals surface area contributed by atoms with Crippen LogP contribution in [0.3, 0.4) is 0 Å². The number of hydrogen-bond acceptors (Lipinski definition) is 5. The van der Waals surface area contributed by atoms with Crippen LogP contribution in [0, 0.1) is 0 Å². The van der Waals surface area contributed by atoms with Crippen LogP contribution in [0.5, 0.6) is 5.75 Å². The monoisotopic (exact) mass is 394 g/mol. The van der Waals surface area contributed by atoms with Gasteiger partial charge in [0.05, 0.1) is 7.11 Å². The number of nitrogens with one attached hydrogen (secondary N) is 2. The predicted octanol–water partition coefficient (Wildman–Crippen LogP) is 1.59. The van der Waals surface area contributed by atoms with Gasteiger partial charge in [-0.2, -0.15) is 0 Å². The highest BCUT2D eigenvalue weighted by atomic mass is 16.5. The van der Waals surface area contributed by atoms with E-state index in [0.29, 0.717) is 38.2 Å². The number of carbonyl (C=O) groups is 2. The summed E-state index contributed by atoms with van der Waals surface area (Å²) in [6.45, 7) is 2.18. The molecule has 0 saturated carbocycles. The van der Waals surface area contributed by atoms with Gasteiger partial charge >= 0.3 is 0 Å². The Morgan fingerprint density at radius 3 is 2.21 bits per heavy atom. The molecule has 2 N–H and O–H groups in total. The van der Waals surface area contributed by atoms with Crippen molar-refractivity contribution in [1.82, 2.24) is 20.7 Å². The Labute approximate surface area is 170 Å². The van der Waals surface area contributed by atoms with Crippen molar-refractivity contribution >= 4 is 11.8 Å². The van der Waals surface area contributed by atoms with Gasteiger partial charge in [-0.25, -0.2) is 10.9 Å². The van der Waals surface area contributed by atoms with E-state index in [1.807, 2.05) is 23.1 Å². The van der Waals surface area contributed by atoms with E-state index in [-0.39, 0.29) is 23.9 Å². The smallest absolute Gasteiger partial charge is 0.253 e. The average Bonchev–Trinajstić information content (AvgIpc) is 3.29. The van der Waals surface area contributed by atoms with E-state index >= 15 is 0 Å². The average molecular weight is 394 g/mol. The highest BCUT2D eigenvalue weighted by Gasteiger charge is 2.34. The van der Waals surface area contributed by atoms with Crippen LogP contribution in [0.4, 0.5) is 0 Å². The summed E-state index contributed by atoms with van der Waals surface area (Å²) < 4.78 is 5.14. The molecule has 2 amide bonds. The molecule has 2 aliphatic rings. The zero-order valence-corrected chi connectivity index (χ0v) is 16.5. The van der Waals surface area contributed by atoms with Crippen LogP contribution in [0.25, 0.3) is 0 Å². The molecule has 2 aromatic carbocycles. The van der Waals surface area contributed by atoms with Gasteiger partial charge in [0.15, 0.2) is 0 Å². The quantitative estimate of drug-likeness (QED) is 0.824. The standard InChI is InChI=1S/C22H26N4O3/c1-29-18-9-7-17(8-10-18)21(27)25-11-13-26(14-12-25)22(28)20-15-19(23-24-20)16-5-3-2-4-6-16/h2-10,19-20,23-24H,11-15H2,1H3. The highest BCUT2D eigenvalue weighted by molar-refractivity contribution is 5.94. The van der Waals surface area contributed by atoms with Crippen LogP contribution in [0.1, 0.15) is 28.4 Å². The summed E-state index contributed by atoms with van der Waals surface area (Å²) in [5.41, 5.74) is 8.18. The van der Waals surface area contributed by atoms with Crippen LogP contribution in [0.2, 0.25) is 0 Å². The first kappa shape index (κ1) is 19.4. The lowest BCUT2D eigenvalue weighted by Crippen LogP contribution is -2.54. The van der Waals surface area contributed by atoms with Crippen molar-refractivity contribution < 1.29 is 14.3 Å². The van der Waals surface area contributed by atoms with Crippen LogP contribution in [-0.2, 0) is 4.79 Å². The second-order valence-electron chi connectivity index (χ2n) is 7.39. The molecule has 4 rings (SSSR count). The minimum Gasteiger partial charge on any atom is -0.497 e. The van der Waals surface area contributed by atoms with Crippen molar-refractivity contribution in [3.63, 3.8) is 0 Å². The minimum absolute atomic E-state index is 0.00967. The fourth-order valence-electron chi connectivity index (χ4n) is 3.89. The molecule has 2 fully saturated rings. The van der Waals surface area contributed by atoms with Crippen molar-refractivity contribution in [2.24, 2.45) is 0 Å². The molecule has 0 aliphatic carbocycles. The molecule has 152 valence electrons. The molecule has 2 heterocycles. The molecule has 0 bridgehead atoms. The van der Waals surface area contributed by atoms with Crippen molar-refractivity contribution in [2.75, 3.05) is 33.3 Å². The van der Waals surface area contributed by atoms with Gasteiger partial charge in [0.25, 0.3) is 5.91 Å². The third-order valence-corrected chi connectivity index (χ3v) is 5.62. The first-order valence-electron chi connectivity index (χ1n) is 9.94. The lowest BCUT2D eigenvalue weighted by Gasteiger charge is -2.36. The third-order valence-electron chi connectivity index (χ3n) is 5.62. The maximum absolute atomic E-state index is 12.9. The lowest BCUT2D eigenvalue weighted by atomic mass is 10.0. The van der Waals surface area contributed by atoms with Gasteiger partial charge in [0.2, 0.25) is 5.91 Å². The summed E-state index contributed by atoms with van der Waals surface area (Å²) in [5, 5.41) is 0. The fourth-order valence-corrected chi connectivity index (χ4v) is 3.89. The van der Waals surface area contributed by atoms with E-state index in [0.717, 1.165) is 5.75 Å². The minimum atomic E-state index is -0.246. The molecule has 7 nitrogen and oxygen atoms in total. The summed E-state index contributed by atoms with van der Waals surface area (Å²) in [6, 6.07) is 17.1. The number of methoxy groups -OCH3 is 1. The Balaban J connectivity index is 1.30. The number of hydrazine groups is 1. The molecular weight excluding hydrogens is 368 g/mol. The zero-order chi connectivity index (χ0) is 20.2. The number of benzene rings is 2. The summed E-state index contributed by atoms with van der Waals surface area (Å²) in [4.78, 5) is 29.2. The van der Waals surface area contributed by atoms with Gasteiger partial charge in [-0.3, -0.25) is 9.59 Å². The molecule has 2 aromatic rings. The second kappa shape index (κ2) is 8.63. The molecular formula is C22H26N4O3. The fraction of sp³-hybridized carbons (Fsp3) is 0.364. The Hall–Kier alpha value is -2.90. The van der Waals surface area contributed by atoms with Gasteiger partial charge in [-0.15, -0.1) is 0 Å². The highest BCUT2D eigenvalue weighted by Crippen LogP contribution is 2.23. The summed E-state index contributed by atoms with van der Waals surface area (Å²) >= 11 is 0. The van der Waals surface area contributed by atoms with E-state index in [4.69, 9.17) is 4.74 Å². The van der Waals surface area contributed by atoms with E-state index in [1.165, 1.54) is 5.56 Å². The van der Waals surface area contributed by atoms with Gasteiger partial charge in [-0.1, -0.05) is 30.3 Å². The molecule has 0 aromatic heterocycles. The topological polar surface area (TPSA) is 73.9 Å². The summed E-state index contributed by atoms with van der Waals surface area (Å²) in [6.07, 6.45) is 0.716. The van der Waals surface area contributed by atoms with Crippen molar-refractivity contribution in [2.45, 2.75) is 18.5 Å². The number of piperazine rings is 1. The first-order valence-corrected chi connectivity index (χ1v) is 9.94. The number of nitrogens with zero attached hydrogens (tertiary/aromatic N) is 2. The third kappa shape index (κ3) is 4.26. The number of carbonyl (C=O) groups excluding carboxylic acids is 2. The molecule has 0 radical (unpaired) electrons. The number of hydrogen-bond donors (Lipinski definition) is 2. The molecule has 29 heavy (non-hydrogen) atoms. The largest absolute Gasteiger partial charge is 0.497 e. The zero-order valence-electron chi connectivity index (χ0n) is 16.5. The molecule has 7 heteroatoms. The predicted molar refractivity (Wildman–Crippen MR) is 109 cm³/mol. The Morgan fingerprint density at radius 1 is 0.897 bits per heavy atom. The Morgan fingerprint density at radius 2 is 1.55 bits per heavy atom. The molecule has 2 aliphatic heterocycles. The van der Waals surface area contributed by atoms with Gasteiger partial charge < -0.3 is 14.5 Å². The van der Waals surface area contributed by atoms with Gasteiger partial charge in [0.1, 0.15) is 11.8 Å². The molecule has 0 spiro atoms. The van der Waals surface area contributed by atoms with Crippen molar-refractivity contribution in [3.05, 3.63) is 65.7 Å². The van der Waals surface area contributed by atoms with Crippen LogP contribution in [-0.4, -0.2) is 60.9 Å². The molecule has 2 atom stereocenters. The van der Waals surface area contributed by atoms with Crippen molar-refractivity contribution in [3.8, 4) is 5.75 Å². The number of rotatable bonds is 4. The van der Waals surface area contributed by atoms with E-state index in [2.05, 4.69) is 23.0 Å². The molecule has 2 saturated heterocycles. The number of ether oxygens (including phenoxy) is 1. The molecule has 2 unspecified atom stereocenters. The maximum Gasteiger partial charge on any atom is 0.253 e. The van der Waals surface area contributed by atoms with Crippen LogP contribution < -0.4 is 15.6 Å². The van der Waals surface area contributed by atoms with E-state index < -0.39 is 0 Å². The van der Waals surface area contributed by atoms with Gasteiger partial charge in [-0.05, 0) is 36.2 Å². The first-order chi connectivity index (χ1) is 14.2. The summed E-state index contributed by atoms with van der Waals surface area (Å²) in [7, 11) is 1.60.